The summed E-state index contributed by atoms with van der Waals surface area (Å²) >= 11 is 6.05. The highest BCUT2D eigenvalue weighted by molar-refractivity contribution is 6.32. The van der Waals surface area contributed by atoms with Gasteiger partial charge in [0.2, 0.25) is 5.91 Å². The normalized spacial score (nSPS) is 10.6. The second-order valence-corrected chi connectivity index (χ2v) is 5.38. The molecular formula is C17H15ClN2O2. The van der Waals surface area contributed by atoms with Crippen LogP contribution in [0.5, 0.6) is 5.75 Å². The zero-order valence-corrected chi connectivity index (χ0v) is 12.8. The highest BCUT2D eigenvalue weighted by Crippen LogP contribution is 2.27. The van der Waals surface area contributed by atoms with E-state index >= 15 is 0 Å². The Hall–Kier alpha value is -2.46. The van der Waals surface area contributed by atoms with E-state index in [9.17, 15) is 4.79 Å². The molecule has 0 aliphatic heterocycles. The quantitative estimate of drug-likeness (QED) is 0.764. The number of carbonyl (C=O) groups excluding carboxylic acids is 1. The fourth-order valence-corrected chi connectivity index (χ4v) is 2.60. The van der Waals surface area contributed by atoms with Crippen LogP contribution < -0.4 is 10.1 Å². The third-order valence-corrected chi connectivity index (χ3v) is 3.72. The van der Waals surface area contributed by atoms with Gasteiger partial charge in [-0.25, -0.2) is 0 Å². The molecule has 0 aliphatic carbocycles. The zero-order chi connectivity index (χ0) is 15.5. The molecule has 0 saturated carbocycles. The van der Waals surface area contributed by atoms with Gasteiger partial charge in [-0.2, -0.15) is 0 Å². The Balaban J connectivity index is 1.70. The van der Waals surface area contributed by atoms with E-state index < -0.39 is 0 Å². The highest BCUT2D eigenvalue weighted by Gasteiger charge is 2.07. The van der Waals surface area contributed by atoms with Gasteiger partial charge < -0.3 is 15.0 Å². The van der Waals surface area contributed by atoms with Crippen molar-refractivity contribution < 1.29 is 9.53 Å². The van der Waals surface area contributed by atoms with Crippen LogP contribution in [0.2, 0.25) is 5.02 Å². The molecule has 2 aromatic carbocycles. The number of H-pyrrole nitrogens is 1. The number of aromatic amines is 1. The van der Waals surface area contributed by atoms with Crippen LogP contribution in [0.25, 0.3) is 10.9 Å². The first-order valence-corrected chi connectivity index (χ1v) is 7.23. The number of aromatic nitrogens is 1. The Morgan fingerprint density at radius 1 is 1.23 bits per heavy atom. The van der Waals surface area contributed by atoms with Crippen molar-refractivity contribution in [2.75, 3.05) is 12.4 Å². The number of amides is 1. The number of anilines is 1. The summed E-state index contributed by atoms with van der Waals surface area (Å²) < 4.78 is 5.09. The standard InChI is InChI=1S/C17H15ClN2O2/c1-22-16-5-4-13(10-14(16)18)20-17(21)9-11-2-3-12-6-7-19-15(12)8-11/h2-8,10,19H,9H2,1H3,(H,20,21). The van der Waals surface area contributed by atoms with E-state index in [-0.39, 0.29) is 5.91 Å². The Bertz CT molecular complexity index is 826. The lowest BCUT2D eigenvalue weighted by molar-refractivity contribution is -0.115. The predicted octanol–water partition coefficient (Wildman–Crippen LogP) is 4.01. The van der Waals surface area contributed by atoms with Gasteiger partial charge in [0, 0.05) is 17.4 Å². The number of methoxy groups -OCH3 is 1. The summed E-state index contributed by atoms with van der Waals surface area (Å²) in [5, 5.41) is 4.43. The van der Waals surface area contributed by atoms with Gasteiger partial charge in [0.1, 0.15) is 5.75 Å². The van der Waals surface area contributed by atoms with Crippen molar-refractivity contribution in [2.24, 2.45) is 0 Å². The number of nitrogens with one attached hydrogen (secondary N) is 2. The van der Waals surface area contributed by atoms with Gasteiger partial charge in [-0.3, -0.25) is 4.79 Å². The van der Waals surface area contributed by atoms with Gasteiger partial charge in [-0.05, 0) is 41.3 Å². The van der Waals surface area contributed by atoms with Crippen LogP contribution >= 0.6 is 11.6 Å². The fraction of sp³-hybridized carbons (Fsp3) is 0.118. The first-order valence-electron chi connectivity index (χ1n) is 6.85. The minimum atomic E-state index is -0.0906. The molecule has 0 spiro atoms. The maximum atomic E-state index is 12.1. The number of hydrogen-bond acceptors (Lipinski definition) is 2. The SMILES string of the molecule is COc1ccc(NC(=O)Cc2ccc3cc[nH]c3c2)cc1Cl. The number of fused-ring (bicyclic) bond motifs is 1. The number of benzene rings is 2. The molecule has 0 fully saturated rings. The van der Waals surface area contributed by atoms with Crippen molar-refractivity contribution in [1.82, 2.24) is 4.98 Å². The molecule has 1 aromatic heterocycles. The van der Waals surface area contributed by atoms with Crippen LogP contribution in [-0.4, -0.2) is 18.0 Å². The third-order valence-electron chi connectivity index (χ3n) is 3.42. The van der Waals surface area contributed by atoms with Crippen molar-refractivity contribution in [3.8, 4) is 5.75 Å². The predicted molar refractivity (Wildman–Crippen MR) is 88.6 cm³/mol. The van der Waals surface area contributed by atoms with Crippen molar-refractivity contribution in [3.63, 3.8) is 0 Å². The Kier molecular flexibility index (Phi) is 4.02. The second-order valence-electron chi connectivity index (χ2n) is 4.97. The number of carbonyl (C=O) groups is 1. The first-order chi connectivity index (χ1) is 10.7. The second kappa shape index (κ2) is 6.12. The van der Waals surface area contributed by atoms with E-state index in [4.69, 9.17) is 16.3 Å². The zero-order valence-electron chi connectivity index (χ0n) is 12.0. The largest absolute Gasteiger partial charge is 0.495 e. The number of ether oxygens (including phenoxy) is 1. The first kappa shape index (κ1) is 14.5. The minimum Gasteiger partial charge on any atom is -0.495 e. The van der Waals surface area contributed by atoms with Crippen molar-refractivity contribution in [3.05, 3.63) is 59.2 Å². The van der Waals surface area contributed by atoms with Crippen LogP contribution in [0.4, 0.5) is 5.69 Å². The van der Waals surface area contributed by atoms with Crippen LogP contribution in [0.1, 0.15) is 5.56 Å². The molecule has 0 unspecified atom stereocenters. The molecule has 22 heavy (non-hydrogen) atoms. The lowest BCUT2D eigenvalue weighted by atomic mass is 10.1. The van der Waals surface area contributed by atoms with Crippen molar-refractivity contribution in [1.29, 1.82) is 0 Å². The minimum absolute atomic E-state index is 0.0906. The van der Waals surface area contributed by atoms with E-state index in [2.05, 4.69) is 10.3 Å². The smallest absolute Gasteiger partial charge is 0.228 e. The lowest BCUT2D eigenvalue weighted by Gasteiger charge is -2.08. The van der Waals surface area contributed by atoms with Crippen molar-refractivity contribution >= 4 is 34.1 Å². The average Bonchev–Trinajstić information content (AvgIpc) is 2.95. The topological polar surface area (TPSA) is 54.1 Å². The molecule has 2 N–H and O–H groups in total. The summed E-state index contributed by atoms with van der Waals surface area (Å²) in [6.45, 7) is 0. The molecule has 3 rings (SSSR count). The summed E-state index contributed by atoms with van der Waals surface area (Å²) in [6.07, 6.45) is 2.19. The van der Waals surface area contributed by atoms with Gasteiger partial charge in [-0.15, -0.1) is 0 Å². The lowest BCUT2D eigenvalue weighted by Crippen LogP contribution is -2.14. The van der Waals surface area contributed by atoms with Crippen LogP contribution in [0.3, 0.4) is 0 Å². The average molecular weight is 315 g/mol. The summed E-state index contributed by atoms with van der Waals surface area (Å²) in [7, 11) is 1.55. The van der Waals surface area contributed by atoms with Gasteiger partial charge in [0.05, 0.1) is 18.6 Å². The van der Waals surface area contributed by atoms with Gasteiger partial charge in [0.25, 0.3) is 0 Å². The summed E-state index contributed by atoms with van der Waals surface area (Å²) in [6, 6.07) is 13.1. The molecule has 0 bridgehead atoms. The molecular weight excluding hydrogens is 300 g/mol. The summed E-state index contributed by atoms with van der Waals surface area (Å²) in [4.78, 5) is 15.3. The van der Waals surface area contributed by atoms with E-state index in [1.54, 1.807) is 25.3 Å². The molecule has 0 radical (unpaired) electrons. The van der Waals surface area contributed by atoms with E-state index in [1.165, 1.54) is 0 Å². The third kappa shape index (κ3) is 3.07. The Morgan fingerprint density at radius 2 is 2.09 bits per heavy atom. The monoisotopic (exact) mass is 314 g/mol. The molecule has 3 aromatic rings. The Morgan fingerprint density at radius 3 is 2.86 bits per heavy atom. The van der Waals surface area contributed by atoms with E-state index in [0.29, 0.717) is 22.9 Å². The number of halogens is 1. The maximum Gasteiger partial charge on any atom is 0.228 e. The molecule has 0 aliphatic rings. The van der Waals surface area contributed by atoms with E-state index in [0.717, 1.165) is 16.5 Å². The highest BCUT2D eigenvalue weighted by atomic mass is 35.5. The van der Waals surface area contributed by atoms with Gasteiger partial charge >= 0.3 is 0 Å². The summed E-state index contributed by atoms with van der Waals surface area (Å²) in [5.74, 6) is 0.490. The molecule has 1 amide bonds. The van der Waals surface area contributed by atoms with Crippen molar-refractivity contribution in [2.45, 2.75) is 6.42 Å². The maximum absolute atomic E-state index is 12.1. The molecule has 112 valence electrons. The molecule has 0 atom stereocenters. The number of hydrogen-bond donors (Lipinski definition) is 2. The molecule has 1 heterocycles. The molecule has 0 saturated heterocycles. The van der Waals surface area contributed by atoms with Crippen LogP contribution in [-0.2, 0) is 11.2 Å². The van der Waals surface area contributed by atoms with Crippen LogP contribution in [0, 0.1) is 0 Å². The fourth-order valence-electron chi connectivity index (χ4n) is 2.34. The number of rotatable bonds is 4. The molecule has 5 heteroatoms. The van der Waals surface area contributed by atoms with Gasteiger partial charge in [-0.1, -0.05) is 23.7 Å². The Labute approximate surface area is 133 Å². The van der Waals surface area contributed by atoms with Crippen LogP contribution in [0.15, 0.2) is 48.7 Å². The summed E-state index contributed by atoms with van der Waals surface area (Å²) in [5.41, 5.74) is 2.63. The van der Waals surface area contributed by atoms with E-state index in [1.807, 2.05) is 30.5 Å². The molecule has 4 nitrogen and oxygen atoms in total. The van der Waals surface area contributed by atoms with Gasteiger partial charge in [0.15, 0.2) is 0 Å².